The number of ether oxygens (including phenoxy) is 1. The molecule has 0 bridgehead atoms. The molecule has 1 aliphatic rings. The lowest BCUT2D eigenvalue weighted by atomic mass is 9.74. The van der Waals surface area contributed by atoms with Crippen molar-refractivity contribution in [1.82, 2.24) is 14.7 Å². The number of rotatable bonds is 6. The molecule has 2 heterocycles. The number of nitriles is 1. The van der Waals surface area contributed by atoms with E-state index in [1.165, 1.54) is 10.7 Å². The first-order chi connectivity index (χ1) is 16.0. The van der Waals surface area contributed by atoms with Gasteiger partial charge in [0.2, 0.25) is 5.91 Å². The van der Waals surface area contributed by atoms with Crippen molar-refractivity contribution in [3.05, 3.63) is 82.6 Å². The Balaban J connectivity index is 1.39. The average molecular weight is 443 g/mol. The first-order valence-electron chi connectivity index (χ1n) is 11.0. The van der Waals surface area contributed by atoms with E-state index < -0.39 is 5.41 Å². The third-order valence-corrected chi connectivity index (χ3v) is 6.30. The van der Waals surface area contributed by atoms with Crippen molar-refractivity contribution < 1.29 is 9.53 Å². The first kappa shape index (κ1) is 22.3. The molecular formula is C26H26N4O3. The zero-order valence-corrected chi connectivity index (χ0v) is 18.6. The van der Waals surface area contributed by atoms with Crippen LogP contribution in [0, 0.1) is 11.3 Å². The third kappa shape index (κ3) is 4.80. The van der Waals surface area contributed by atoms with Crippen molar-refractivity contribution in [3.8, 4) is 23.1 Å². The van der Waals surface area contributed by atoms with Gasteiger partial charge in [0.1, 0.15) is 5.75 Å². The second-order valence-electron chi connectivity index (χ2n) is 8.20. The number of carbonyl (C=O) groups excluding carboxylic acids is 1. The summed E-state index contributed by atoms with van der Waals surface area (Å²) >= 11 is 0. The molecule has 1 aliphatic heterocycles. The van der Waals surface area contributed by atoms with Crippen LogP contribution in [0.25, 0.3) is 11.3 Å². The summed E-state index contributed by atoms with van der Waals surface area (Å²) in [6, 6.07) is 22.8. The number of benzene rings is 2. The summed E-state index contributed by atoms with van der Waals surface area (Å²) in [6.07, 6.45) is 1.39. The van der Waals surface area contributed by atoms with Crippen LogP contribution in [0.5, 0.6) is 5.75 Å². The molecule has 0 radical (unpaired) electrons. The highest BCUT2D eigenvalue weighted by atomic mass is 16.5. The van der Waals surface area contributed by atoms with Crippen molar-refractivity contribution in [1.29, 1.82) is 5.26 Å². The molecular weight excluding hydrogens is 416 g/mol. The van der Waals surface area contributed by atoms with Gasteiger partial charge in [-0.1, -0.05) is 30.3 Å². The fraction of sp³-hybridized carbons (Fsp3) is 0.308. The average Bonchev–Trinajstić information content (AvgIpc) is 2.88. The van der Waals surface area contributed by atoms with Gasteiger partial charge in [-0.25, -0.2) is 4.68 Å². The molecule has 4 rings (SSSR count). The van der Waals surface area contributed by atoms with Gasteiger partial charge >= 0.3 is 0 Å². The van der Waals surface area contributed by atoms with Gasteiger partial charge in [-0.3, -0.25) is 9.59 Å². The van der Waals surface area contributed by atoms with E-state index in [9.17, 15) is 14.9 Å². The van der Waals surface area contributed by atoms with E-state index in [4.69, 9.17) is 4.74 Å². The zero-order chi connectivity index (χ0) is 23.3. The Morgan fingerprint density at radius 2 is 1.76 bits per heavy atom. The molecule has 0 unspecified atom stereocenters. The molecule has 0 spiro atoms. The number of carbonyl (C=O) groups is 1. The van der Waals surface area contributed by atoms with Crippen molar-refractivity contribution in [2.24, 2.45) is 0 Å². The fourth-order valence-electron chi connectivity index (χ4n) is 4.24. The SMILES string of the molecule is COc1ccc(-c2ccc(=O)n(CCC(=O)N3CCC(C#N)(c4ccccc4)CC3)n2)cc1. The Labute approximate surface area is 192 Å². The summed E-state index contributed by atoms with van der Waals surface area (Å²) in [4.78, 5) is 26.9. The van der Waals surface area contributed by atoms with Gasteiger partial charge in [0.05, 0.1) is 30.8 Å². The molecule has 1 saturated heterocycles. The summed E-state index contributed by atoms with van der Waals surface area (Å²) in [7, 11) is 1.61. The largest absolute Gasteiger partial charge is 0.497 e. The van der Waals surface area contributed by atoms with Gasteiger partial charge < -0.3 is 9.64 Å². The van der Waals surface area contributed by atoms with E-state index in [1.807, 2.05) is 54.6 Å². The molecule has 7 heteroatoms. The Morgan fingerprint density at radius 1 is 1.06 bits per heavy atom. The van der Waals surface area contributed by atoms with Crippen LogP contribution >= 0.6 is 0 Å². The molecule has 3 aromatic rings. The maximum absolute atomic E-state index is 12.8. The predicted octanol–water partition coefficient (Wildman–Crippen LogP) is 3.39. The lowest BCUT2D eigenvalue weighted by molar-refractivity contribution is -0.132. The molecule has 1 fully saturated rings. The Hall–Kier alpha value is -3.92. The summed E-state index contributed by atoms with van der Waals surface area (Å²) in [5, 5.41) is 14.3. The second-order valence-corrected chi connectivity index (χ2v) is 8.20. The van der Waals surface area contributed by atoms with Gasteiger partial charge in [0, 0.05) is 31.1 Å². The van der Waals surface area contributed by atoms with E-state index in [1.54, 1.807) is 18.1 Å². The Bertz CT molecular complexity index is 1200. The maximum Gasteiger partial charge on any atom is 0.266 e. The zero-order valence-electron chi connectivity index (χ0n) is 18.6. The molecule has 1 amide bonds. The third-order valence-electron chi connectivity index (χ3n) is 6.30. The van der Waals surface area contributed by atoms with Crippen molar-refractivity contribution in [2.45, 2.75) is 31.2 Å². The summed E-state index contributed by atoms with van der Waals surface area (Å²) in [5.41, 5.74) is 1.73. The minimum absolute atomic E-state index is 0.0295. The molecule has 168 valence electrons. The standard InChI is InChI=1S/C26H26N4O3/c1-33-22-9-7-20(8-10-22)23-11-12-25(32)30(28-23)16-13-24(31)29-17-14-26(19-27,15-18-29)21-5-3-2-4-6-21/h2-12H,13-18H2,1H3. The highest BCUT2D eigenvalue weighted by Crippen LogP contribution is 2.35. The number of aryl methyl sites for hydroxylation is 1. The smallest absolute Gasteiger partial charge is 0.266 e. The van der Waals surface area contributed by atoms with Crippen molar-refractivity contribution in [2.75, 3.05) is 20.2 Å². The van der Waals surface area contributed by atoms with Crippen molar-refractivity contribution >= 4 is 5.91 Å². The van der Waals surface area contributed by atoms with Gasteiger partial charge in [0.25, 0.3) is 5.56 Å². The van der Waals surface area contributed by atoms with Gasteiger partial charge in [-0.2, -0.15) is 10.4 Å². The molecule has 0 atom stereocenters. The predicted molar refractivity (Wildman–Crippen MR) is 125 cm³/mol. The van der Waals surface area contributed by atoms with Gasteiger partial charge in [-0.05, 0) is 48.7 Å². The molecule has 1 aromatic heterocycles. The molecule has 33 heavy (non-hydrogen) atoms. The summed E-state index contributed by atoms with van der Waals surface area (Å²) in [6.45, 7) is 1.26. The Kier molecular flexibility index (Phi) is 6.55. The molecule has 0 N–H and O–H groups in total. The molecule has 0 saturated carbocycles. The van der Waals surface area contributed by atoms with Crippen molar-refractivity contribution in [3.63, 3.8) is 0 Å². The Morgan fingerprint density at radius 3 is 2.39 bits per heavy atom. The molecule has 2 aromatic carbocycles. The van der Waals surface area contributed by atoms with Crippen LogP contribution < -0.4 is 10.3 Å². The van der Waals surface area contributed by atoms with Crippen LogP contribution in [0.3, 0.4) is 0 Å². The number of hydrogen-bond acceptors (Lipinski definition) is 5. The second kappa shape index (κ2) is 9.70. The van der Waals surface area contributed by atoms with Crippen LogP contribution in [-0.4, -0.2) is 40.8 Å². The quantitative estimate of drug-likeness (QED) is 0.584. The maximum atomic E-state index is 12.8. The normalized spacial score (nSPS) is 15.0. The lowest BCUT2D eigenvalue weighted by Gasteiger charge is -2.37. The number of nitrogens with zero attached hydrogens (tertiary/aromatic N) is 4. The van der Waals surface area contributed by atoms with Gasteiger partial charge in [-0.15, -0.1) is 0 Å². The van der Waals surface area contributed by atoms with Crippen LogP contribution in [0.15, 0.2) is 71.5 Å². The summed E-state index contributed by atoms with van der Waals surface area (Å²) < 4.78 is 6.52. The van der Waals surface area contributed by atoms with Gasteiger partial charge in [0.15, 0.2) is 0 Å². The van der Waals surface area contributed by atoms with Crippen LogP contribution in [0.1, 0.15) is 24.8 Å². The number of piperidine rings is 1. The number of likely N-dealkylation sites (tertiary alicyclic amines) is 1. The van der Waals surface area contributed by atoms with E-state index in [2.05, 4.69) is 11.2 Å². The minimum Gasteiger partial charge on any atom is -0.497 e. The summed E-state index contributed by atoms with van der Waals surface area (Å²) in [5.74, 6) is 0.713. The topological polar surface area (TPSA) is 88.2 Å². The van der Waals surface area contributed by atoms with E-state index >= 15 is 0 Å². The molecule has 0 aliphatic carbocycles. The lowest BCUT2D eigenvalue weighted by Crippen LogP contribution is -2.45. The monoisotopic (exact) mass is 442 g/mol. The van der Waals surface area contributed by atoms with E-state index in [-0.39, 0.29) is 24.4 Å². The number of amides is 1. The molecule has 7 nitrogen and oxygen atoms in total. The first-order valence-corrected chi connectivity index (χ1v) is 11.0. The van der Waals surface area contributed by atoms with Crippen LogP contribution in [0.4, 0.5) is 0 Å². The van der Waals surface area contributed by atoms with E-state index in [0.717, 1.165) is 16.9 Å². The number of hydrogen-bond donors (Lipinski definition) is 0. The fourth-order valence-corrected chi connectivity index (χ4v) is 4.24. The van der Waals surface area contributed by atoms with Crippen LogP contribution in [-0.2, 0) is 16.8 Å². The number of aromatic nitrogens is 2. The van der Waals surface area contributed by atoms with E-state index in [0.29, 0.717) is 31.6 Å². The minimum atomic E-state index is -0.552. The highest BCUT2D eigenvalue weighted by molar-refractivity contribution is 5.76. The van der Waals surface area contributed by atoms with Crippen LogP contribution in [0.2, 0.25) is 0 Å². The number of methoxy groups -OCH3 is 1. The highest BCUT2D eigenvalue weighted by Gasteiger charge is 2.37.